The second-order valence-electron chi connectivity index (χ2n) is 6.25. The molecule has 1 aromatic heterocycles. The zero-order valence-corrected chi connectivity index (χ0v) is 16.0. The lowest BCUT2D eigenvalue weighted by Gasteiger charge is -2.03. The first-order chi connectivity index (χ1) is 13.0. The van der Waals surface area contributed by atoms with E-state index in [9.17, 15) is 4.79 Å². The number of benzene rings is 2. The van der Waals surface area contributed by atoms with Crippen LogP contribution in [-0.2, 0) is 16.0 Å². The maximum atomic E-state index is 12.3. The Balaban J connectivity index is 1.72. The number of halogens is 2. The number of carbonyl (C=O) groups excluding carboxylic acids is 1. The van der Waals surface area contributed by atoms with E-state index in [4.69, 9.17) is 27.9 Å². The molecule has 27 heavy (non-hydrogen) atoms. The molecule has 0 saturated heterocycles. The minimum atomic E-state index is -0.410. The number of aromatic nitrogens is 1. The van der Waals surface area contributed by atoms with Crippen LogP contribution in [0.1, 0.15) is 23.6 Å². The largest absolute Gasteiger partial charge is 0.422 e. The molecule has 0 saturated carbocycles. The summed E-state index contributed by atoms with van der Waals surface area (Å²) >= 11 is 12.3. The summed E-state index contributed by atoms with van der Waals surface area (Å²) in [5.74, 6) is 0.119. The van der Waals surface area contributed by atoms with Gasteiger partial charge in [0.1, 0.15) is 10.9 Å². The Morgan fingerprint density at radius 3 is 2.59 bits per heavy atom. The second-order valence-corrected chi connectivity index (χ2v) is 7.05. The van der Waals surface area contributed by atoms with Crippen LogP contribution in [0.2, 0.25) is 10.2 Å². The van der Waals surface area contributed by atoms with Gasteiger partial charge in [0.05, 0.1) is 11.1 Å². The van der Waals surface area contributed by atoms with Crippen molar-refractivity contribution in [3.05, 3.63) is 87.0 Å². The molecule has 134 valence electrons. The van der Waals surface area contributed by atoms with E-state index in [0.717, 1.165) is 22.9 Å². The van der Waals surface area contributed by atoms with Crippen LogP contribution in [-0.4, -0.2) is 11.0 Å². The van der Waals surface area contributed by atoms with Crippen LogP contribution in [0.25, 0.3) is 22.7 Å². The van der Waals surface area contributed by atoms with Gasteiger partial charge in [-0.1, -0.05) is 54.4 Å². The minimum Gasteiger partial charge on any atom is -0.422 e. The molecular weight excluding hydrogens is 381 g/mol. The van der Waals surface area contributed by atoms with Crippen molar-refractivity contribution in [3.63, 3.8) is 0 Å². The first kappa shape index (κ1) is 17.8. The Morgan fingerprint density at radius 1 is 1.07 bits per heavy atom. The zero-order chi connectivity index (χ0) is 19.0. The van der Waals surface area contributed by atoms with Crippen molar-refractivity contribution in [1.29, 1.82) is 0 Å². The van der Waals surface area contributed by atoms with Crippen LogP contribution >= 0.6 is 23.2 Å². The van der Waals surface area contributed by atoms with Gasteiger partial charge in [-0.15, -0.1) is 0 Å². The predicted molar refractivity (Wildman–Crippen MR) is 110 cm³/mol. The van der Waals surface area contributed by atoms with Gasteiger partial charge in [-0.3, -0.25) is 0 Å². The number of hydrogen-bond donors (Lipinski definition) is 0. The lowest BCUT2D eigenvalue weighted by molar-refractivity contribution is -0.130. The number of cyclic esters (lactones) is 1. The summed E-state index contributed by atoms with van der Waals surface area (Å²) < 4.78 is 5.42. The normalized spacial score (nSPS) is 15.3. The van der Waals surface area contributed by atoms with E-state index in [-0.39, 0.29) is 0 Å². The molecule has 3 aromatic rings. The molecule has 0 spiro atoms. The van der Waals surface area contributed by atoms with Crippen molar-refractivity contribution < 1.29 is 9.53 Å². The maximum Gasteiger partial charge on any atom is 0.343 e. The fourth-order valence-corrected chi connectivity index (χ4v) is 3.33. The van der Waals surface area contributed by atoms with Gasteiger partial charge in [0.25, 0.3) is 0 Å². The molecule has 0 aliphatic carbocycles. The molecule has 2 heterocycles. The monoisotopic (exact) mass is 395 g/mol. The number of nitrogens with zero attached hydrogens (tertiary/aromatic N) is 1. The van der Waals surface area contributed by atoms with Crippen molar-refractivity contribution in [1.82, 2.24) is 4.98 Å². The third-order valence-corrected chi connectivity index (χ3v) is 4.98. The number of pyridine rings is 1. The number of hydrogen-bond acceptors (Lipinski definition) is 3. The highest BCUT2D eigenvalue weighted by molar-refractivity contribution is 6.32. The Hall–Kier alpha value is -2.62. The standard InChI is InChI=1S/C22H15Cl2NO2/c1-2-13-3-5-14(6-4-13)20-12-17(22(26)27-20)10-16-9-15-11-18(23)7-8-19(15)25-21(16)24/h3-12H,2H2,1H3/b17-10-. The van der Waals surface area contributed by atoms with E-state index in [0.29, 0.717) is 27.1 Å². The Labute approximate surface area is 166 Å². The molecule has 0 fully saturated rings. The van der Waals surface area contributed by atoms with Gasteiger partial charge in [0, 0.05) is 21.5 Å². The van der Waals surface area contributed by atoms with E-state index in [1.165, 1.54) is 5.56 Å². The number of fused-ring (bicyclic) bond motifs is 1. The molecular formula is C22H15Cl2NO2. The summed E-state index contributed by atoms with van der Waals surface area (Å²) in [5, 5.41) is 1.78. The van der Waals surface area contributed by atoms with Gasteiger partial charge in [-0.05, 0) is 48.4 Å². The lowest BCUT2D eigenvalue weighted by atomic mass is 10.1. The molecule has 0 atom stereocenters. The Kier molecular flexibility index (Phi) is 4.73. The summed E-state index contributed by atoms with van der Waals surface area (Å²) in [6, 6.07) is 15.2. The van der Waals surface area contributed by atoms with Crippen molar-refractivity contribution in [2.75, 3.05) is 0 Å². The summed E-state index contributed by atoms with van der Waals surface area (Å²) in [4.78, 5) is 16.7. The van der Waals surface area contributed by atoms with Crippen molar-refractivity contribution >= 4 is 51.9 Å². The number of rotatable bonds is 3. The smallest absolute Gasteiger partial charge is 0.343 e. The third-order valence-electron chi connectivity index (χ3n) is 4.44. The van der Waals surface area contributed by atoms with Crippen LogP contribution in [0.3, 0.4) is 0 Å². The first-order valence-corrected chi connectivity index (χ1v) is 9.30. The van der Waals surface area contributed by atoms with Gasteiger partial charge in [-0.25, -0.2) is 9.78 Å². The highest BCUT2D eigenvalue weighted by Crippen LogP contribution is 2.30. The summed E-state index contributed by atoms with van der Waals surface area (Å²) in [7, 11) is 0. The van der Waals surface area contributed by atoms with Crippen LogP contribution in [0.15, 0.2) is 60.2 Å². The molecule has 0 N–H and O–H groups in total. The molecule has 3 nitrogen and oxygen atoms in total. The van der Waals surface area contributed by atoms with Gasteiger partial charge in [-0.2, -0.15) is 0 Å². The average Bonchev–Trinajstić information content (AvgIpc) is 3.03. The maximum absolute atomic E-state index is 12.3. The van der Waals surface area contributed by atoms with Crippen LogP contribution in [0.5, 0.6) is 0 Å². The van der Waals surface area contributed by atoms with Crippen LogP contribution in [0, 0.1) is 0 Å². The lowest BCUT2D eigenvalue weighted by Crippen LogP contribution is -1.97. The SMILES string of the molecule is CCc1ccc(C2=C/C(=C/c3cc4cc(Cl)ccc4nc3Cl)C(=O)O2)cc1. The number of carbonyl (C=O) groups is 1. The van der Waals surface area contributed by atoms with Crippen molar-refractivity contribution in [3.8, 4) is 0 Å². The Morgan fingerprint density at radius 2 is 1.85 bits per heavy atom. The molecule has 0 radical (unpaired) electrons. The third kappa shape index (κ3) is 3.61. The molecule has 1 aliphatic heterocycles. The van der Waals surface area contributed by atoms with E-state index >= 15 is 0 Å². The highest BCUT2D eigenvalue weighted by atomic mass is 35.5. The molecule has 5 heteroatoms. The molecule has 0 amide bonds. The topological polar surface area (TPSA) is 39.2 Å². The average molecular weight is 396 g/mol. The van der Waals surface area contributed by atoms with Crippen LogP contribution in [0.4, 0.5) is 0 Å². The molecule has 0 bridgehead atoms. The van der Waals surface area contributed by atoms with Gasteiger partial charge < -0.3 is 4.74 Å². The first-order valence-electron chi connectivity index (χ1n) is 8.54. The predicted octanol–water partition coefficient (Wildman–Crippen LogP) is 6.09. The Bertz CT molecular complexity index is 1120. The van der Waals surface area contributed by atoms with Gasteiger partial charge >= 0.3 is 5.97 Å². The summed E-state index contributed by atoms with van der Waals surface area (Å²) in [6.45, 7) is 2.10. The molecule has 1 aliphatic rings. The zero-order valence-electron chi connectivity index (χ0n) is 14.5. The number of ether oxygens (including phenoxy) is 1. The quantitative estimate of drug-likeness (QED) is 0.306. The minimum absolute atomic E-state index is 0.319. The molecule has 4 rings (SSSR count). The second kappa shape index (κ2) is 7.18. The van der Waals surface area contributed by atoms with E-state index in [1.54, 1.807) is 18.2 Å². The fourth-order valence-electron chi connectivity index (χ4n) is 2.94. The fraction of sp³-hybridized carbons (Fsp3) is 0.0909. The highest BCUT2D eigenvalue weighted by Gasteiger charge is 2.22. The van der Waals surface area contributed by atoms with Gasteiger partial charge in [0.15, 0.2) is 0 Å². The molecule has 2 aromatic carbocycles. The van der Waals surface area contributed by atoms with E-state index in [1.807, 2.05) is 42.5 Å². The van der Waals surface area contributed by atoms with E-state index in [2.05, 4.69) is 11.9 Å². The van der Waals surface area contributed by atoms with Crippen LogP contribution < -0.4 is 0 Å². The summed E-state index contributed by atoms with van der Waals surface area (Å²) in [5.41, 5.74) is 3.89. The molecule has 0 unspecified atom stereocenters. The van der Waals surface area contributed by atoms with Crippen molar-refractivity contribution in [2.24, 2.45) is 0 Å². The summed E-state index contributed by atoms with van der Waals surface area (Å²) in [6.07, 6.45) is 4.37. The number of aryl methyl sites for hydroxylation is 1. The van der Waals surface area contributed by atoms with E-state index < -0.39 is 5.97 Å². The number of esters is 1. The van der Waals surface area contributed by atoms with Crippen molar-refractivity contribution in [2.45, 2.75) is 13.3 Å². The van der Waals surface area contributed by atoms with Gasteiger partial charge in [0.2, 0.25) is 0 Å².